The van der Waals surface area contributed by atoms with Gasteiger partial charge in [0.2, 0.25) is 0 Å². The molecule has 8 heteroatoms. The summed E-state index contributed by atoms with van der Waals surface area (Å²) >= 11 is 0. The summed E-state index contributed by atoms with van der Waals surface area (Å²) in [7, 11) is -1.99. The molecule has 0 unspecified atom stereocenters. The second-order valence-electron chi connectivity index (χ2n) is 7.03. The summed E-state index contributed by atoms with van der Waals surface area (Å²) in [5.41, 5.74) is 6.44. The summed E-state index contributed by atoms with van der Waals surface area (Å²) in [5, 5.41) is 0. The Hall–Kier alpha value is -2.09. The number of hydrogen-bond donors (Lipinski definition) is 2. The number of carbonyl (C=O) groups is 1. The number of carbonyl (C=O) groups excluding carboxylic acids is 1. The quantitative estimate of drug-likeness (QED) is 0.732. The Bertz CT molecular complexity index is 854. The van der Waals surface area contributed by atoms with Crippen molar-refractivity contribution >= 4 is 34.0 Å². The predicted octanol–water partition coefficient (Wildman–Crippen LogP) is 2.97. The van der Waals surface area contributed by atoms with E-state index in [2.05, 4.69) is 4.72 Å². The maximum absolute atomic E-state index is 12.5. The maximum Gasteiger partial charge on any atom is 0.261 e. The molecule has 0 atom stereocenters. The van der Waals surface area contributed by atoms with E-state index < -0.39 is 10.0 Å². The molecule has 0 aliphatic carbocycles. The molecule has 6 nitrogen and oxygen atoms in total. The van der Waals surface area contributed by atoms with Crippen LogP contribution < -0.4 is 10.5 Å². The molecule has 0 saturated carbocycles. The van der Waals surface area contributed by atoms with Crippen molar-refractivity contribution in [2.24, 2.45) is 11.1 Å². The van der Waals surface area contributed by atoms with E-state index in [0.29, 0.717) is 24.3 Å². The Kier molecular flexibility index (Phi) is 7.83. The highest BCUT2D eigenvalue weighted by molar-refractivity contribution is 7.92. The summed E-state index contributed by atoms with van der Waals surface area (Å²) in [6.07, 6.45) is 0. The van der Waals surface area contributed by atoms with Crippen molar-refractivity contribution < 1.29 is 13.2 Å². The topological polar surface area (TPSA) is 92.5 Å². The van der Waals surface area contributed by atoms with Crippen LogP contribution in [0.15, 0.2) is 59.5 Å². The minimum absolute atomic E-state index is 0. The average Bonchev–Trinajstić information content (AvgIpc) is 2.61. The van der Waals surface area contributed by atoms with Gasteiger partial charge in [-0.3, -0.25) is 9.52 Å². The molecule has 0 radical (unpaired) electrons. The fourth-order valence-corrected chi connectivity index (χ4v) is 3.55. The fourth-order valence-electron chi connectivity index (χ4n) is 2.50. The Morgan fingerprint density at radius 2 is 1.63 bits per heavy atom. The molecule has 0 spiro atoms. The highest BCUT2D eigenvalue weighted by Gasteiger charge is 2.22. The van der Waals surface area contributed by atoms with E-state index in [1.165, 1.54) is 24.3 Å². The van der Waals surface area contributed by atoms with Crippen molar-refractivity contribution in [3.63, 3.8) is 0 Å². The smallest absolute Gasteiger partial charge is 0.261 e. The van der Waals surface area contributed by atoms with Crippen molar-refractivity contribution in [2.45, 2.75) is 18.7 Å². The van der Waals surface area contributed by atoms with Gasteiger partial charge in [-0.1, -0.05) is 32.0 Å². The van der Waals surface area contributed by atoms with E-state index in [1.807, 2.05) is 13.8 Å². The zero-order valence-electron chi connectivity index (χ0n) is 15.7. The molecule has 1 amide bonds. The largest absolute Gasteiger partial charge is 0.341 e. The molecule has 0 aliphatic heterocycles. The molecular weight excluding hydrogens is 386 g/mol. The second-order valence-corrected chi connectivity index (χ2v) is 8.71. The van der Waals surface area contributed by atoms with Gasteiger partial charge in [0.15, 0.2) is 0 Å². The Morgan fingerprint density at radius 1 is 1.07 bits per heavy atom. The third-order valence-corrected chi connectivity index (χ3v) is 5.40. The first-order valence-electron chi connectivity index (χ1n) is 8.28. The number of nitrogens with zero attached hydrogens (tertiary/aromatic N) is 1. The first kappa shape index (κ1) is 23.0. The molecule has 3 N–H and O–H groups in total. The van der Waals surface area contributed by atoms with Crippen LogP contribution in [0.2, 0.25) is 0 Å². The number of para-hydroxylation sites is 1. The van der Waals surface area contributed by atoms with E-state index in [1.54, 1.807) is 42.3 Å². The lowest BCUT2D eigenvalue weighted by Gasteiger charge is -2.29. The first-order chi connectivity index (χ1) is 12.1. The molecule has 0 fully saturated rings. The summed E-state index contributed by atoms with van der Waals surface area (Å²) in [6, 6.07) is 14.5. The number of hydrogen-bond acceptors (Lipinski definition) is 4. The predicted molar refractivity (Wildman–Crippen MR) is 111 cm³/mol. The molecule has 0 aliphatic rings. The van der Waals surface area contributed by atoms with Crippen molar-refractivity contribution in [1.29, 1.82) is 0 Å². The van der Waals surface area contributed by atoms with E-state index in [9.17, 15) is 13.2 Å². The zero-order valence-corrected chi connectivity index (χ0v) is 17.3. The van der Waals surface area contributed by atoms with E-state index >= 15 is 0 Å². The summed E-state index contributed by atoms with van der Waals surface area (Å²) < 4.78 is 27.4. The molecule has 0 bridgehead atoms. The van der Waals surface area contributed by atoms with Crippen molar-refractivity contribution in [3.8, 4) is 0 Å². The minimum Gasteiger partial charge on any atom is -0.341 e. The van der Waals surface area contributed by atoms with Gasteiger partial charge < -0.3 is 10.6 Å². The number of anilines is 1. The van der Waals surface area contributed by atoms with E-state index in [0.717, 1.165) is 0 Å². The van der Waals surface area contributed by atoms with Crippen LogP contribution in [-0.4, -0.2) is 39.4 Å². The van der Waals surface area contributed by atoms with Crippen LogP contribution in [0.25, 0.3) is 0 Å². The lowest BCUT2D eigenvalue weighted by atomic mass is 9.93. The summed E-state index contributed by atoms with van der Waals surface area (Å²) in [4.78, 5) is 14.2. The van der Waals surface area contributed by atoms with Crippen molar-refractivity contribution in [3.05, 3.63) is 60.2 Å². The number of nitrogens with two attached hydrogens (primary N) is 1. The number of amides is 1. The van der Waals surface area contributed by atoms with Gasteiger partial charge in [0.25, 0.3) is 15.9 Å². The van der Waals surface area contributed by atoms with Crippen LogP contribution in [0.5, 0.6) is 0 Å². The van der Waals surface area contributed by atoms with Crippen LogP contribution in [0.3, 0.4) is 0 Å². The number of sulfonamides is 1. The first-order valence-corrected chi connectivity index (χ1v) is 9.76. The van der Waals surface area contributed by atoms with Gasteiger partial charge in [-0.2, -0.15) is 0 Å². The Morgan fingerprint density at radius 3 is 2.15 bits per heavy atom. The van der Waals surface area contributed by atoms with E-state index in [4.69, 9.17) is 5.73 Å². The van der Waals surface area contributed by atoms with Gasteiger partial charge in [0, 0.05) is 24.8 Å². The van der Waals surface area contributed by atoms with Gasteiger partial charge >= 0.3 is 0 Å². The Labute approximate surface area is 167 Å². The van der Waals surface area contributed by atoms with Crippen molar-refractivity contribution in [2.75, 3.05) is 24.9 Å². The average molecular weight is 412 g/mol. The van der Waals surface area contributed by atoms with Crippen LogP contribution in [-0.2, 0) is 10.0 Å². The highest BCUT2D eigenvalue weighted by Crippen LogP contribution is 2.19. The van der Waals surface area contributed by atoms with Gasteiger partial charge in [-0.15, -0.1) is 12.4 Å². The maximum atomic E-state index is 12.5. The fraction of sp³-hybridized carbons (Fsp3) is 0.316. The molecule has 27 heavy (non-hydrogen) atoms. The van der Waals surface area contributed by atoms with Crippen LogP contribution in [0, 0.1) is 5.41 Å². The van der Waals surface area contributed by atoms with Crippen LogP contribution in [0.1, 0.15) is 24.2 Å². The number of rotatable bonds is 7. The number of halogens is 1. The molecule has 0 saturated heterocycles. The van der Waals surface area contributed by atoms with Gasteiger partial charge in [-0.05, 0) is 48.4 Å². The minimum atomic E-state index is -3.70. The van der Waals surface area contributed by atoms with Crippen molar-refractivity contribution in [1.82, 2.24) is 4.90 Å². The molecule has 2 rings (SSSR count). The normalized spacial score (nSPS) is 11.4. The molecule has 2 aromatic carbocycles. The third-order valence-electron chi connectivity index (χ3n) is 4.00. The lowest BCUT2D eigenvalue weighted by molar-refractivity contribution is 0.0740. The number of nitrogens with one attached hydrogen (secondary N) is 1. The molecule has 2 aromatic rings. The standard InChI is InChI=1S/C19H25N3O3S.ClH/c1-19(2,13-20)14-22(3)18(23)15-9-11-17(12-10-15)26(24,25)21-16-7-5-4-6-8-16;/h4-12,21H,13-14,20H2,1-3H3;1H. The monoisotopic (exact) mass is 411 g/mol. The van der Waals surface area contributed by atoms with Gasteiger partial charge in [-0.25, -0.2) is 8.42 Å². The number of benzene rings is 2. The van der Waals surface area contributed by atoms with Gasteiger partial charge in [0.1, 0.15) is 0 Å². The molecule has 148 valence electrons. The lowest BCUT2D eigenvalue weighted by Crippen LogP contribution is -2.39. The van der Waals surface area contributed by atoms with Gasteiger partial charge in [0.05, 0.1) is 4.90 Å². The summed E-state index contributed by atoms with van der Waals surface area (Å²) in [6.45, 7) is 4.95. The molecular formula is C19H26ClN3O3S. The molecule has 0 heterocycles. The molecule has 0 aromatic heterocycles. The van der Waals surface area contributed by atoms with Crippen LogP contribution >= 0.6 is 12.4 Å². The second kappa shape index (κ2) is 9.21. The summed E-state index contributed by atoms with van der Waals surface area (Å²) in [5.74, 6) is -0.175. The SMILES string of the molecule is CN(CC(C)(C)CN)C(=O)c1ccc(S(=O)(=O)Nc2ccccc2)cc1.Cl. The Balaban J connectivity index is 0.00000364. The van der Waals surface area contributed by atoms with E-state index in [-0.39, 0.29) is 28.6 Å². The third kappa shape index (κ3) is 6.23. The zero-order chi connectivity index (χ0) is 19.4. The van der Waals surface area contributed by atoms with Crippen LogP contribution in [0.4, 0.5) is 5.69 Å². The highest BCUT2D eigenvalue weighted by atomic mass is 35.5.